The van der Waals surface area contributed by atoms with Crippen LogP contribution in [0.4, 0.5) is 0 Å². The van der Waals surface area contributed by atoms with Gasteiger partial charge in [-0.2, -0.15) is 0 Å². The summed E-state index contributed by atoms with van der Waals surface area (Å²) in [6.07, 6.45) is -6.68. The first kappa shape index (κ1) is 45.9. The number of carbonyl (C=O) groups excluding carboxylic acids is 11. The first-order valence-corrected chi connectivity index (χ1v) is 12.8. The van der Waals surface area contributed by atoms with E-state index in [0.717, 1.165) is 34.1 Å². The fourth-order valence-electron chi connectivity index (χ4n) is 1.95. The van der Waals surface area contributed by atoms with Crippen LogP contribution in [0.2, 0.25) is 0 Å². The summed E-state index contributed by atoms with van der Waals surface area (Å²) in [7, 11) is 0. The molecule has 0 amide bonds. The van der Waals surface area contributed by atoms with E-state index in [-0.39, 0.29) is 0 Å². The number of hydrogen-bond acceptors (Lipinski definition) is 19. The number of Topliss-reactive ketones (excluding diaryl/α,β-unsaturated/α-hetero) is 3. The Kier molecular flexibility index (Phi) is 23.2. The van der Waals surface area contributed by atoms with Crippen molar-refractivity contribution in [1.29, 1.82) is 0 Å². The van der Waals surface area contributed by atoms with Gasteiger partial charge < -0.3 is 39.4 Å². The first-order valence-electron chi connectivity index (χ1n) is 12.8. The molecule has 0 aromatic carbocycles. The van der Waals surface area contributed by atoms with Gasteiger partial charge in [0, 0.05) is 27.2 Å². The minimum absolute atomic E-state index is 0.292. The summed E-state index contributed by atoms with van der Waals surface area (Å²) in [5.74, 6) is -18.8. The van der Waals surface area contributed by atoms with Crippen LogP contribution in [0.5, 0.6) is 0 Å². The summed E-state index contributed by atoms with van der Waals surface area (Å²) < 4.78 is 16.4. The van der Waals surface area contributed by atoms with Gasteiger partial charge in [0.1, 0.15) is 0 Å². The summed E-state index contributed by atoms with van der Waals surface area (Å²) in [6.45, 7) is 5.48. The van der Waals surface area contributed by atoms with E-state index < -0.39 is 114 Å². The summed E-state index contributed by atoms with van der Waals surface area (Å²) in [5.41, 5.74) is 0. The van der Waals surface area contributed by atoms with Gasteiger partial charge >= 0.3 is 59.7 Å². The number of carboxylic acids is 2. The topological polar surface area (TPSA) is 340 Å². The predicted molar refractivity (Wildman–Crippen MR) is 142 cm³/mol. The lowest BCUT2D eigenvalue weighted by Crippen LogP contribution is -2.33. The number of ketones is 3. The Balaban J connectivity index is -0.00000135. The van der Waals surface area contributed by atoms with Crippen LogP contribution in [0.1, 0.15) is 66.7 Å². The molecule has 0 aliphatic carbocycles. The molecule has 0 saturated heterocycles. The van der Waals surface area contributed by atoms with Crippen molar-refractivity contribution < 1.29 is 102 Å². The second-order valence-electron chi connectivity index (χ2n) is 8.72. The second-order valence-corrected chi connectivity index (χ2v) is 8.72. The molecule has 0 radical (unpaired) electrons. The van der Waals surface area contributed by atoms with Crippen molar-refractivity contribution in [1.82, 2.24) is 0 Å². The Bertz CT molecular complexity index is 1250. The van der Waals surface area contributed by atoms with Gasteiger partial charge in [-0.1, -0.05) is 13.8 Å². The molecule has 0 heterocycles. The smallest absolute Gasteiger partial charge is 0.381 e. The lowest BCUT2D eigenvalue weighted by molar-refractivity contribution is -0.176. The minimum atomic E-state index is -2.27. The van der Waals surface area contributed by atoms with Crippen molar-refractivity contribution in [3.63, 3.8) is 0 Å². The standard InChI is InChI=1S/C19H20O16.C4H8O2.C3H4O3/c1-7(15(27)35-19(31)11(23)6-14(26)33-17(29)9(3)21)4-12(24)34-18(30)10(22)5-13(25)32-16(28)8(2)20;1-2-3-4(5)6;1-2(4)3(5)6/h7,10-11,22-23H,4-6H2,1-3H3;2-3H2,1H3,(H,5,6);1H3,(H,5,6). The van der Waals surface area contributed by atoms with Gasteiger partial charge in [0.2, 0.25) is 17.3 Å². The van der Waals surface area contributed by atoms with Gasteiger partial charge in [0.25, 0.3) is 0 Å². The lowest BCUT2D eigenvalue weighted by Gasteiger charge is -2.13. The van der Waals surface area contributed by atoms with Gasteiger partial charge in [0.05, 0.1) is 25.2 Å². The Morgan fingerprint density at radius 1 is 0.532 bits per heavy atom. The van der Waals surface area contributed by atoms with Crippen molar-refractivity contribution in [3.05, 3.63) is 0 Å². The molecule has 21 heteroatoms. The van der Waals surface area contributed by atoms with E-state index in [1.807, 2.05) is 6.92 Å². The Labute approximate surface area is 264 Å². The number of rotatable bonds is 14. The van der Waals surface area contributed by atoms with E-state index in [1.165, 1.54) is 0 Å². The SMILES string of the molecule is CC(=O)C(=O)O.CC(=O)C(=O)OC(=O)CC(O)C(=O)OC(=O)CC(C)C(=O)OC(=O)C(O)CC(=O)OC(=O)C(C)=O.CCCC(=O)O. The molecule has 3 unspecified atom stereocenters. The van der Waals surface area contributed by atoms with E-state index in [4.69, 9.17) is 10.2 Å². The summed E-state index contributed by atoms with van der Waals surface area (Å²) in [5, 5.41) is 34.6. The van der Waals surface area contributed by atoms with Crippen LogP contribution >= 0.6 is 0 Å². The molecule has 0 saturated carbocycles. The average molecular weight is 681 g/mol. The normalized spacial score (nSPS) is 11.5. The van der Waals surface area contributed by atoms with Crippen molar-refractivity contribution >= 4 is 77.0 Å². The predicted octanol–water partition coefficient (Wildman–Crippen LogP) is -2.50. The van der Waals surface area contributed by atoms with E-state index in [2.05, 4.69) is 18.9 Å². The molecule has 0 rings (SSSR count). The quantitative estimate of drug-likeness (QED) is 0.0637. The Morgan fingerprint density at radius 3 is 1.15 bits per heavy atom. The molecule has 262 valence electrons. The monoisotopic (exact) mass is 680 g/mol. The third kappa shape index (κ3) is 24.4. The van der Waals surface area contributed by atoms with Crippen LogP contribution in [0.25, 0.3) is 0 Å². The number of carboxylic acid groups (broad SMARTS) is 2. The molecule has 0 aromatic heterocycles. The van der Waals surface area contributed by atoms with Crippen molar-refractivity contribution in [2.45, 2.75) is 78.9 Å². The number of ether oxygens (including phenoxy) is 4. The highest BCUT2D eigenvalue weighted by Gasteiger charge is 2.30. The van der Waals surface area contributed by atoms with Gasteiger partial charge in [-0.15, -0.1) is 0 Å². The van der Waals surface area contributed by atoms with Gasteiger partial charge in [-0.3, -0.25) is 38.4 Å². The molecule has 3 atom stereocenters. The molecular weight excluding hydrogens is 648 g/mol. The molecule has 21 nitrogen and oxygen atoms in total. The van der Waals surface area contributed by atoms with Gasteiger partial charge in [-0.05, 0) is 6.42 Å². The fourth-order valence-corrected chi connectivity index (χ4v) is 1.95. The van der Waals surface area contributed by atoms with Crippen LogP contribution in [0.3, 0.4) is 0 Å². The average Bonchev–Trinajstić information content (AvgIpc) is 2.92. The highest BCUT2D eigenvalue weighted by atomic mass is 16.6. The van der Waals surface area contributed by atoms with Gasteiger partial charge in [-0.25, -0.2) is 24.0 Å². The maximum atomic E-state index is 11.8. The molecule has 0 fully saturated rings. The number of hydrogen-bond donors (Lipinski definition) is 4. The second kappa shape index (κ2) is 23.8. The molecule has 0 spiro atoms. The third-order valence-corrected chi connectivity index (χ3v) is 4.31. The maximum absolute atomic E-state index is 11.8. The number of carbonyl (C=O) groups is 13. The number of aliphatic hydroxyl groups excluding tert-OH is 2. The third-order valence-electron chi connectivity index (χ3n) is 4.31. The molecule has 4 N–H and O–H groups in total. The Morgan fingerprint density at radius 2 is 0.872 bits per heavy atom. The molecule has 0 aliphatic rings. The summed E-state index contributed by atoms with van der Waals surface area (Å²) in [4.78, 5) is 141. The van der Waals surface area contributed by atoms with Crippen LogP contribution in [0, 0.1) is 5.92 Å². The number of aliphatic carboxylic acids is 2. The Hall–Kier alpha value is -5.57. The zero-order chi connectivity index (χ0) is 37.6. The minimum Gasteiger partial charge on any atom is -0.481 e. The molecule has 0 aromatic rings. The van der Waals surface area contributed by atoms with Crippen LogP contribution in [-0.2, 0) is 81.3 Å². The number of aliphatic hydroxyl groups is 2. The van der Waals surface area contributed by atoms with E-state index in [1.54, 1.807) is 0 Å². The zero-order valence-corrected chi connectivity index (χ0v) is 25.5. The van der Waals surface area contributed by atoms with E-state index >= 15 is 0 Å². The highest BCUT2D eigenvalue weighted by Crippen LogP contribution is 2.10. The van der Waals surface area contributed by atoms with Crippen LogP contribution in [-0.4, -0.2) is 110 Å². The highest BCUT2D eigenvalue weighted by molar-refractivity contribution is 6.34. The van der Waals surface area contributed by atoms with E-state index in [0.29, 0.717) is 6.42 Å². The van der Waals surface area contributed by atoms with Crippen molar-refractivity contribution in [3.8, 4) is 0 Å². The first-order chi connectivity index (χ1) is 21.5. The maximum Gasteiger partial charge on any atom is 0.381 e. The van der Waals surface area contributed by atoms with Crippen LogP contribution < -0.4 is 0 Å². The van der Waals surface area contributed by atoms with Crippen LogP contribution in [0.15, 0.2) is 0 Å². The van der Waals surface area contributed by atoms with Crippen molar-refractivity contribution in [2.75, 3.05) is 0 Å². The zero-order valence-electron chi connectivity index (χ0n) is 25.5. The lowest BCUT2D eigenvalue weighted by atomic mass is 10.1. The molecule has 0 bridgehead atoms. The summed E-state index contributed by atoms with van der Waals surface area (Å²) >= 11 is 0. The fraction of sp³-hybridized carbons (Fsp3) is 0.500. The molecule has 47 heavy (non-hydrogen) atoms. The van der Waals surface area contributed by atoms with Gasteiger partial charge in [0.15, 0.2) is 12.2 Å². The largest absolute Gasteiger partial charge is 0.481 e. The van der Waals surface area contributed by atoms with E-state index in [9.17, 15) is 72.5 Å². The number of esters is 8. The molecular formula is C26H32O21. The van der Waals surface area contributed by atoms with Crippen molar-refractivity contribution in [2.24, 2.45) is 5.92 Å². The summed E-state index contributed by atoms with van der Waals surface area (Å²) in [6, 6.07) is 0. The molecule has 0 aliphatic heterocycles.